The Kier molecular flexibility index (Phi) is 3.17. The van der Waals surface area contributed by atoms with Gasteiger partial charge in [0.1, 0.15) is 0 Å². The van der Waals surface area contributed by atoms with E-state index in [1.807, 2.05) is 6.07 Å². The highest BCUT2D eigenvalue weighted by Crippen LogP contribution is 2.57. The minimum atomic E-state index is 0.0647. The highest BCUT2D eigenvalue weighted by molar-refractivity contribution is 6.02. The van der Waals surface area contributed by atoms with Crippen molar-refractivity contribution < 1.29 is 4.79 Å². The summed E-state index contributed by atoms with van der Waals surface area (Å²) in [5.41, 5.74) is 0.651. The van der Waals surface area contributed by atoms with E-state index in [0.717, 1.165) is 12.8 Å². The van der Waals surface area contributed by atoms with Gasteiger partial charge in [-0.05, 0) is 55.3 Å². The molecule has 0 radical (unpaired) electrons. The number of hydrogen-bond acceptors (Lipinski definition) is 2. The summed E-state index contributed by atoms with van der Waals surface area (Å²) in [4.78, 5) is 16.1. The molecule has 3 nitrogen and oxygen atoms in total. The van der Waals surface area contributed by atoms with Crippen molar-refractivity contribution in [3.63, 3.8) is 0 Å². The highest BCUT2D eigenvalue weighted by Gasteiger charge is 2.55. The third-order valence-corrected chi connectivity index (χ3v) is 5.64. The van der Waals surface area contributed by atoms with Crippen molar-refractivity contribution in [1.82, 2.24) is 0 Å². The number of Topliss-reactive ketones (excluding diaryl/α,β-unsaturated/α-hetero) is 1. The molecule has 6 atom stereocenters. The SMILES string of the molecule is [C-]#[N+]/C(C#N)=C1\C(=O)C2CC(C)CC3CC(C)CC1C32. The Morgan fingerprint density at radius 1 is 1.20 bits per heavy atom. The molecule has 0 heterocycles. The first-order valence-electron chi connectivity index (χ1n) is 7.62. The molecule has 0 aliphatic heterocycles. The largest absolute Gasteiger partial charge is 0.296 e. The molecule has 3 saturated carbocycles. The van der Waals surface area contributed by atoms with Gasteiger partial charge in [0.2, 0.25) is 0 Å². The molecule has 3 heteroatoms. The molecule has 0 aromatic rings. The van der Waals surface area contributed by atoms with E-state index in [1.54, 1.807) is 0 Å². The van der Waals surface area contributed by atoms with Crippen molar-refractivity contribution in [2.24, 2.45) is 35.5 Å². The molecule has 0 aromatic heterocycles. The van der Waals surface area contributed by atoms with Crippen LogP contribution < -0.4 is 0 Å². The summed E-state index contributed by atoms with van der Waals surface area (Å²) in [7, 11) is 0. The van der Waals surface area contributed by atoms with Gasteiger partial charge in [-0.1, -0.05) is 13.8 Å². The van der Waals surface area contributed by atoms with Crippen LogP contribution in [-0.4, -0.2) is 5.78 Å². The maximum atomic E-state index is 12.7. The van der Waals surface area contributed by atoms with Gasteiger partial charge in [-0.15, -0.1) is 0 Å². The van der Waals surface area contributed by atoms with E-state index in [0.29, 0.717) is 29.2 Å². The second-order valence-corrected chi connectivity index (χ2v) is 7.05. The van der Waals surface area contributed by atoms with Gasteiger partial charge in [0.15, 0.2) is 5.78 Å². The van der Waals surface area contributed by atoms with Crippen molar-refractivity contribution in [2.45, 2.75) is 39.5 Å². The normalized spacial score (nSPS) is 45.3. The number of carbonyl (C=O) groups is 1. The van der Waals surface area contributed by atoms with Gasteiger partial charge < -0.3 is 0 Å². The van der Waals surface area contributed by atoms with Crippen molar-refractivity contribution in [3.8, 4) is 6.07 Å². The summed E-state index contributed by atoms with van der Waals surface area (Å²) in [6.45, 7) is 11.7. The summed E-state index contributed by atoms with van der Waals surface area (Å²) in [5.74, 6) is 2.60. The Morgan fingerprint density at radius 3 is 2.35 bits per heavy atom. The zero-order valence-electron chi connectivity index (χ0n) is 12.1. The standard InChI is InChI=1S/C17H20N2O/c1-9-4-11-5-10(2)7-13-15(11)12(6-9)16(17(13)20)14(8-18)19-3/h9-13,15H,4-7H2,1-2H3/b16-14-. The molecule has 6 unspecified atom stereocenters. The molecule has 104 valence electrons. The minimum absolute atomic E-state index is 0.0647. The van der Waals surface area contributed by atoms with Gasteiger partial charge in [0.05, 0.1) is 12.6 Å². The summed E-state index contributed by atoms with van der Waals surface area (Å²) >= 11 is 0. The molecular weight excluding hydrogens is 248 g/mol. The Bertz CT molecular complexity index is 545. The summed E-state index contributed by atoms with van der Waals surface area (Å²) < 4.78 is 0. The Balaban J connectivity index is 2.10. The van der Waals surface area contributed by atoms with Crippen LogP contribution >= 0.6 is 0 Å². The van der Waals surface area contributed by atoms with Gasteiger partial charge in [-0.2, -0.15) is 0 Å². The number of carbonyl (C=O) groups excluding carboxylic acids is 1. The second-order valence-electron chi connectivity index (χ2n) is 7.05. The zero-order valence-corrected chi connectivity index (χ0v) is 12.1. The molecule has 0 bridgehead atoms. The van der Waals surface area contributed by atoms with Crippen molar-refractivity contribution in [2.75, 3.05) is 0 Å². The van der Waals surface area contributed by atoms with Crippen LogP contribution in [0.5, 0.6) is 0 Å². The fourth-order valence-electron chi connectivity index (χ4n) is 5.17. The molecule has 3 rings (SSSR count). The van der Waals surface area contributed by atoms with E-state index in [2.05, 4.69) is 18.7 Å². The van der Waals surface area contributed by atoms with Gasteiger partial charge in [0.25, 0.3) is 5.70 Å². The molecule has 3 aliphatic carbocycles. The fourth-order valence-corrected chi connectivity index (χ4v) is 5.17. The lowest BCUT2D eigenvalue weighted by molar-refractivity contribution is -0.120. The maximum absolute atomic E-state index is 12.7. The second kappa shape index (κ2) is 4.74. The highest BCUT2D eigenvalue weighted by atomic mass is 16.1. The van der Waals surface area contributed by atoms with Gasteiger partial charge in [-0.25, -0.2) is 10.1 Å². The van der Waals surface area contributed by atoms with Crippen LogP contribution in [0.4, 0.5) is 0 Å². The van der Waals surface area contributed by atoms with E-state index in [-0.39, 0.29) is 23.3 Å². The van der Waals surface area contributed by atoms with Crippen LogP contribution in [0.25, 0.3) is 4.85 Å². The van der Waals surface area contributed by atoms with Crippen LogP contribution in [0.2, 0.25) is 0 Å². The predicted molar refractivity (Wildman–Crippen MR) is 75.0 cm³/mol. The Labute approximate surface area is 120 Å². The lowest BCUT2D eigenvalue weighted by Crippen LogP contribution is -2.38. The van der Waals surface area contributed by atoms with Crippen molar-refractivity contribution in [3.05, 3.63) is 22.7 Å². The number of nitriles is 1. The average Bonchev–Trinajstić information content (AvgIpc) is 2.66. The maximum Gasteiger partial charge on any atom is 0.268 e. The van der Waals surface area contributed by atoms with Crippen molar-refractivity contribution in [1.29, 1.82) is 5.26 Å². The molecule has 0 spiro atoms. The summed E-state index contributed by atoms with van der Waals surface area (Å²) in [6.07, 6.45) is 4.35. The number of rotatable bonds is 0. The third kappa shape index (κ3) is 1.80. The smallest absolute Gasteiger partial charge is 0.268 e. The molecule has 3 fully saturated rings. The number of nitrogens with zero attached hydrogens (tertiary/aromatic N) is 2. The van der Waals surface area contributed by atoms with E-state index in [9.17, 15) is 10.1 Å². The first-order chi connectivity index (χ1) is 9.56. The molecule has 20 heavy (non-hydrogen) atoms. The van der Waals surface area contributed by atoms with Crippen LogP contribution in [0, 0.1) is 53.4 Å². The van der Waals surface area contributed by atoms with Gasteiger partial charge in [-0.3, -0.25) is 4.79 Å². The summed E-state index contributed by atoms with van der Waals surface area (Å²) in [5, 5.41) is 9.18. The number of allylic oxidation sites excluding steroid dienone is 2. The third-order valence-electron chi connectivity index (χ3n) is 5.64. The predicted octanol–water partition coefficient (Wildman–Crippen LogP) is 3.59. The van der Waals surface area contributed by atoms with E-state index >= 15 is 0 Å². The minimum Gasteiger partial charge on any atom is -0.296 e. The first-order valence-corrected chi connectivity index (χ1v) is 7.62. The van der Waals surface area contributed by atoms with Crippen LogP contribution in [-0.2, 0) is 4.79 Å². The van der Waals surface area contributed by atoms with E-state index in [1.165, 1.54) is 12.8 Å². The van der Waals surface area contributed by atoms with Crippen LogP contribution in [0.1, 0.15) is 39.5 Å². The number of ketones is 1. The lowest BCUT2D eigenvalue weighted by atomic mass is 9.60. The molecular formula is C17H20N2O. The Morgan fingerprint density at radius 2 is 1.80 bits per heavy atom. The molecule has 0 aromatic carbocycles. The quantitative estimate of drug-likeness (QED) is 0.383. The fraction of sp³-hybridized carbons (Fsp3) is 0.706. The lowest BCUT2D eigenvalue weighted by Gasteiger charge is -2.44. The van der Waals surface area contributed by atoms with Gasteiger partial charge in [0, 0.05) is 11.5 Å². The van der Waals surface area contributed by atoms with E-state index < -0.39 is 0 Å². The molecule has 3 aliphatic rings. The molecule has 0 N–H and O–H groups in total. The number of hydrogen-bond donors (Lipinski definition) is 0. The van der Waals surface area contributed by atoms with Crippen molar-refractivity contribution >= 4 is 5.78 Å². The average molecular weight is 268 g/mol. The Hall–Kier alpha value is -1.61. The molecule has 0 saturated heterocycles. The van der Waals surface area contributed by atoms with Gasteiger partial charge >= 0.3 is 0 Å². The zero-order chi connectivity index (χ0) is 14.4. The van der Waals surface area contributed by atoms with Crippen LogP contribution in [0.3, 0.4) is 0 Å². The van der Waals surface area contributed by atoms with Crippen LogP contribution in [0.15, 0.2) is 11.3 Å². The first kappa shape index (κ1) is 13.4. The summed E-state index contributed by atoms with van der Waals surface area (Å²) in [6, 6.07) is 1.97. The topological polar surface area (TPSA) is 45.2 Å². The van der Waals surface area contributed by atoms with E-state index in [4.69, 9.17) is 6.57 Å². The molecule has 0 amide bonds. The monoisotopic (exact) mass is 268 g/mol.